The van der Waals surface area contributed by atoms with Crippen molar-refractivity contribution in [3.8, 4) is 10.6 Å². The van der Waals surface area contributed by atoms with Gasteiger partial charge in [0, 0.05) is 10.4 Å². The summed E-state index contributed by atoms with van der Waals surface area (Å²) in [4.78, 5) is 44.1. The summed E-state index contributed by atoms with van der Waals surface area (Å²) in [5.41, 5.74) is -1.24. The van der Waals surface area contributed by atoms with Crippen LogP contribution < -0.4 is 0 Å². The van der Waals surface area contributed by atoms with Crippen LogP contribution in [0.15, 0.2) is 24.3 Å². The van der Waals surface area contributed by atoms with E-state index in [0.717, 1.165) is 10.4 Å². The molecule has 1 fully saturated rings. The molecule has 0 unspecified atom stereocenters. The van der Waals surface area contributed by atoms with Gasteiger partial charge in [0.1, 0.15) is 10.9 Å². The van der Waals surface area contributed by atoms with Crippen LogP contribution >= 0.6 is 22.9 Å². The van der Waals surface area contributed by atoms with E-state index in [1.807, 2.05) is 25.1 Å². The lowest BCUT2D eigenvalue weighted by Crippen LogP contribution is -2.56. The number of halogens is 1. The second-order valence-corrected chi connectivity index (χ2v) is 9.29. The molecule has 1 aliphatic carbocycles. The smallest absolute Gasteiger partial charge is 0.162 e. The Morgan fingerprint density at radius 3 is 2.08 bits per heavy atom. The Kier molecular flexibility index (Phi) is 4.44. The molecule has 0 amide bonds. The van der Waals surface area contributed by atoms with Gasteiger partial charge in [0.25, 0.3) is 0 Å². The molecule has 0 bridgehead atoms. The number of ketones is 3. The van der Waals surface area contributed by atoms with E-state index in [4.69, 9.17) is 11.6 Å². The highest BCUT2D eigenvalue weighted by Crippen LogP contribution is 2.46. The highest BCUT2D eigenvalue weighted by molar-refractivity contribution is 7.15. The Bertz CT molecular complexity index is 912. The number of Topliss-reactive ketones (excluding diaryl/α,β-unsaturated/α-hetero) is 3. The fraction of sp³-hybridized carbons (Fsp3) is 0.400. The molecule has 3 rings (SSSR count). The van der Waals surface area contributed by atoms with E-state index in [9.17, 15) is 14.4 Å². The maximum Gasteiger partial charge on any atom is 0.162 e. The number of carbonyl (C=O) groups excluding carboxylic acids is 3. The molecule has 4 nitrogen and oxygen atoms in total. The van der Waals surface area contributed by atoms with Crippen molar-refractivity contribution in [2.75, 3.05) is 0 Å². The molecule has 0 radical (unpaired) electrons. The Balaban J connectivity index is 2.15. The summed E-state index contributed by atoms with van der Waals surface area (Å²) >= 11 is 7.66. The quantitative estimate of drug-likeness (QED) is 0.702. The number of rotatable bonds is 2. The molecule has 1 saturated carbocycles. The summed E-state index contributed by atoms with van der Waals surface area (Å²) in [6.45, 7) is 8.21. The van der Waals surface area contributed by atoms with Crippen molar-refractivity contribution >= 4 is 40.3 Å². The number of benzene rings is 1. The van der Waals surface area contributed by atoms with Crippen LogP contribution in [-0.2, 0) is 14.4 Å². The molecular weight excluding hydrogens is 370 g/mol. The fourth-order valence-electron chi connectivity index (χ4n) is 3.52. The number of aryl methyl sites for hydroxylation is 1. The van der Waals surface area contributed by atoms with Crippen LogP contribution in [0.5, 0.6) is 0 Å². The molecule has 136 valence electrons. The minimum atomic E-state index is -1.22. The van der Waals surface area contributed by atoms with Crippen LogP contribution in [0, 0.1) is 17.8 Å². The first-order chi connectivity index (χ1) is 12.0. The molecule has 2 aromatic rings. The number of hydrogen-bond donors (Lipinski definition) is 0. The molecular formula is C20H20ClNO3S. The Morgan fingerprint density at radius 2 is 1.54 bits per heavy atom. The fourth-order valence-corrected chi connectivity index (χ4v) is 4.79. The number of nitrogens with zero attached hydrogens (tertiary/aromatic N) is 1. The van der Waals surface area contributed by atoms with Crippen LogP contribution in [0.4, 0.5) is 0 Å². The van der Waals surface area contributed by atoms with Crippen molar-refractivity contribution < 1.29 is 14.4 Å². The van der Waals surface area contributed by atoms with Crippen LogP contribution in [0.2, 0.25) is 5.02 Å². The van der Waals surface area contributed by atoms with Crippen molar-refractivity contribution in [2.24, 2.45) is 10.8 Å². The number of aromatic nitrogens is 1. The summed E-state index contributed by atoms with van der Waals surface area (Å²) < 4.78 is 0. The lowest BCUT2D eigenvalue weighted by Gasteiger charge is -2.40. The summed E-state index contributed by atoms with van der Waals surface area (Å²) in [7, 11) is 0. The van der Waals surface area contributed by atoms with Crippen LogP contribution in [0.25, 0.3) is 10.6 Å². The summed E-state index contributed by atoms with van der Waals surface area (Å²) in [6.07, 6.45) is 0. The van der Waals surface area contributed by atoms with E-state index in [1.54, 1.807) is 33.8 Å². The van der Waals surface area contributed by atoms with Crippen molar-refractivity contribution in [3.63, 3.8) is 0 Å². The molecule has 0 N–H and O–H groups in total. The topological polar surface area (TPSA) is 64.1 Å². The average Bonchev–Trinajstić information content (AvgIpc) is 2.95. The van der Waals surface area contributed by atoms with Crippen molar-refractivity contribution in [2.45, 2.75) is 40.5 Å². The molecule has 1 heterocycles. The van der Waals surface area contributed by atoms with Crippen LogP contribution in [0.1, 0.15) is 44.2 Å². The van der Waals surface area contributed by atoms with E-state index in [-0.39, 0.29) is 17.3 Å². The molecule has 1 aromatic heterocycles. The predicted molar refractivity (Wildman–Crippen MR) is 103 cm³/mol. The first-order valence-corrected chi connectivity index (χ1v) is 9.54. The van der Waals surface area contributed by atoms with E-state index in [2.05, 4.69) is 4.98 Å². The third kappa shape index (κ3) is 2.65. The zero-order chi connectivity index (χ0) is 19.4. The van der Waals surface area contributed by atoms with Gasteiger partial charge in [-0.15, -0.1) is 11.3 Å². The highest BCUT2D eigenvalue weighted by Gasteiger charge is 2.59. The lowest BCUT2D eigenvalue weighted by atomic mass is 9.58. The molecule has 26 heavy (non-hydrogen) atoms. The van der Waals surface area contributed by atoms with Gasteiger partial charge in [0.2, 0.25) is 0 Å². The van der Waals surface area contributed by atoms with E-state index < -0.39 is 16.7 Å². The van der Waals surface area contributed by atoms with Crippen LogP contribution in [0.3, 0.4) is 0 Å². The van der Waals surface area contributed by atoms with Crippen molar-refractivity contribution in [1.82, 2.24) is 4.98 Å². The first-order valence-electron chi connectivity index (χ1n) is 8.35. The third-order valence-corrected chi connectivity index (χ3v) is 6.45. The number of hydrogen-bond acceptors (Lipinski definition) is 5. The van der Waals surface area contributed by atoms with Gasteiger partial charge >= 0.3 is 0 Å². The van der Waals surface area contributed by atoms with E-state index in [0.29, 0.717) is 15.7 Å². The second kappa shape index (κ2) is 6.10. The predicted octanol–water partition coefficient (Wildman–Crippen LogP) is 4.63. The van der Waals surface area contributed by atoms with Gasteiger partial charge in [-0.05, 0) is 40.7 Å². The molecule has 6 heteroatoms. The minimum Gasteiger partial charge on any atom is -0.298 e. The van der Waals surface area contributed by atoms with E-state index in [1.165, 1.54) is 11.3 Å². The maximum atomic E-state index is 13.0. The molecule has 0 spiro atoms. The Morgan fingerprint density at radius 1 is 1.00 bits per heavy atom. The maximum absolute atomic E-state index is 13.0. The number of thiazole rings is 1. The largest absolute Gasteiger partial charge is 0.298 e. The van der Waals surface area contributed by atoms with Crippen LogP contribution in [-0.4, -0.2) is 22.3 Å². The summed E-state index contributed by atoms with van der Waals surface area (Å²) in [6, 6.07) is 7.32. The van der Waals surface area contributed by atoms with Gasteiger partial charge in [-0.25, -0.2) is 4.98 Å². The molecule has 0 atom stereocenters. The van der Waals surface area contributed by atoms with Gasteiger partial charge in [0.15, 0.2) is 17.3 Å². The van der Waals surface area contributed by atoms with Gasteiger partial charge in [-0.2, -0.15) is 0 Å². The summed E-state index contributed by atoms with van der Waals surface area (Å²) in [5, 5.41) is 1.22. The third-order valence-electron chi connectivity index (χ3n) is 5.10. The van der Waals surface area contributed by atoms with Gasteiger partial charge in [-0.1, -0.05) is 29.8 Å². The molecule has 1 aliphatic rings. The molecule has 1 aromatic carbocycles. The zero-order valence-electron chi connectivity index (χ0n) is 15.3. The van der Waals surface area contributed by atoms with Crippen molar-refractivity contribution in [3.05, 3.63) is 39.9 Å². The Hall–Kier alpha value is -1.85. The molecule has 0 saturated heterocycles. The number of carbonyl (C=O) groups is 3. The van der Waals surface area contributed by atoms with Gasteiger partial charge in [-0.3, -0.25) is 14.4 Å². The van der Waals surface area contributed by atoms with Gasteiger partial charge < -0.3 is 0 Å². The normalized spacial score (nSPS) is 19.8. The van der Waals surface area contributed by atoms with E-state index >= 15 is 0 Å². The summed E-state index contributed by atoms with van der Waals surface area (Å²) in [5.74, 6) is -2.13. The van der Waals surface area contributed by atoms with Gasteiger partial charge in [0.05, 0.1) is 21.5 Å². The standard InChI is InChI=1S/C20H20ClNO3S/c1-10-14(22-17(26-10)11-8-6-7-9-12(11)21)13-15(23)19(2,3)18(25)20(4,5)16(13)24/h6-9,13H,1-5H3. The minimum absolute atomic E-state index is 0.338. The lowest BCUT2D eigenvalue weighted by molar-refractivity contribution is -0.157. The Labute approximate surface area is 161 Å². The monoisotopic (exact) mass is 389 g/mol. The zero-order valence-corrected chi connectivity index (χ0v) is 16.9. The second-order valence-electron chi connectivity index (χ2n) is 7.68. The SMILES string of the molecule is Cc1sc(-c2ccccc2Cl)nc1C1C(=O)C(C)(C)C(=O)C(C)(C)C1=O. The average molecular weight is 390 g/mol. The molecule has 0 aliphatic heterocycles. The first kappa shape index (κ1) is 18.9. The highest BCUT2D eigenvalue weighted by atomic mass is 35.5. The van der Waals surface area contributed by atoms with Crippen molar-refractivity contribution in [1.29, 1.82) is 0 Å².